The van der Waals surface area contributed by atoms with E-state index in [1.165, 1.54) is 6.42 Å². The van der Waals surface area contributed by atoms with Crippen LogP contribution in [0.4, 0.5) is 4.79 Å². The van der Waals surface area contributed by atoms with Gasteiger partial charge in [-0.05, 0) is 47.8 Å². The van der Waals surface area contributed by atoms with E-state index in [0.717, 1.165) is 30.7 Å². The van der Waals surface area contributed by atoms with Gasteiger partial charge < -0.3 is 15.0 Å². The lowest BCUT2D eigenvalue weighted by Gasteiger charge is -2.39. The first-order valence-corrected chi connectivity index (χ1v) is 8.48. The normalized spacial score (nSPS) is 28.5. The zero-order chi connectivity index (χ0) is 16.7. The number of benzene rings is 1. The predicted octanol–water partition coefficient (Wildman–Crippen LogP) is 3.81. The van der Waals surface area contributed by atoms with Crippen molar-refractivity contribution in [3.63, 3.8) is 0 Å². The van der Waals surface area contributed by atoms with Gasteiger partial charge in [-0.15, -0.1) is 0 Å². The number of nitrogens with zero attached hydrogens (tertiary/aromatic N) is 1. The molecule has 1 aromatic carbocycles. The first-order valence-electron chi connectivity index (χ1n) is 8.48. The third-order valence-electron chi connectivity index (χ3n) is 5.28. The summed E-state index contributed by atoms with van der Waals surface area (Å²) in [5, 5.41) is 3.08. The molecule has 2 bridgehead atoms. The van der Waals surface area contributed by atoms with Gasteiger partial charge in [0.2, 0.25) is 0 Å². The van der Waals surface area contributed by atoms with Gasteiger partial charge in [0.15, 0.2) is 0 Å². The Kier molecular flexibility index (Phi) is 4.03. The number of urea groups is 1. The molecule has 2 unspecified atom stereocenters. The fourth-order valence-corrected chi connectivity index (χ4v) is 4.72. The van der Waals surface area contributed by atoms with Crippen molar-refractivity contribution in [3.05, 3.63) is 29.8 Å². The minimum Gasteiger partial charge on any atom is -0.497 e. The predicted molar refractivity (Wildman–Crippen MR) is 91.5 cm³/mol. The molecule has 1 saturated heterocycles. The van der Waals surface area contributed by atoms with Crippen LogP contribution in [0, 0.1) is 10.8 Å². The molecule has 126 valence electrons. The molecule has 2 fully saturated rings. The van der Waals surface area contributed by atoms with Crippen molar-refractivity contribution in [2.24, 2.45) is 10.8 Å². The molecular weight excluding hydrogens is 288 g/mol. The third-order valence-corrected chi connectivity index (χ3v) is 5.28. The highest BCUT2D eigenvalue weighted by Crippen LogP contribution is 2.52. The molecule has 4 heteroatoms. The maximum absolute atomic E-state index is 12.6. The van der Waals surface area contributed by atoms with Gasteiger partial charge in [0.1, 0.15) is 5.75 Å². The summed E-state index contributed by atoms with van der Waals surface area (Å²) in [6.07, 6.45) is 3.46. The highest BCUT2D eigenvalue weighted by atomic mass is 16.5. The van der Waals surface area contributed by atoms with Crippen LogP contribution < -0.4 is 10.1 Å². The number of carbonyl (C=O) groups is 1. The summed E-state index contributed by atoms with van der Waals surface area (Å²) >= 11 is 0. The molecule has 0 spiro atoms. The van der Waals surface area contributed by atoms with Crippen LogP contribution in [0.2, 0.25) is 0 Å². The Hall–Kier alpha value is -1.71. The smallest absolute Gasteiger partial charge is 0.317 e. The molecule has 3 rings (SSSR count). The summed E-state index contributed by atoms with van der Waals surface area (Å²) in [6.45, 7) is 8.44. The Morgan fingerprint density at radius 1 is 1.26 bits per heavy atom. The maximum atomic E-state index is 12.6. The van der Waals surface area contributed by atoms with Crippen LogP contribution in [0.1, 0.15) is 45.6 Å². The molecule has 1 aliphatic heterocycles. The Balaban J connectivity index is 1.60. The number of ether oxygens (including phenoxy) is 1. The average Bonchev–Trinajstić information content (AvgIpc) is 2.74. The van der Waals surface area contributed by atoms with Crippen molar-refractivity contribution < 1.29 is 9.53 Å². The molecule has 2 amide bonds. The molecule has 1 heterocycles. The summed E-state index contributed by atoms with van der Waals surface area (Å²) in [7, 11) is 1.66. The van der Waals surface area contributed by atoms with Crippen LogP contribution in [0.5, 0.6) is 5.75 Å². The second-order valence-corrected chi connectivity index (χ2v) is 8.35. The standard InChI is InChI=1S/C19H28N2O2/c1-18(2)9-15-10-19(3,12-18)13-21(15)17(22)20-11-14-5-7-16(23-4)8-6-14/h5-8,15H,9-13H2,1-4H3,(H,20,22). The number of hydrogen-bond acceptors (Lipinski definition) is 2. The Labute approximate surface area is 139 Å². The van der Waals surface area contributed by atoms with E-state index >= 15 is 0 Å². The van der Waals surface area contributed by atoms with E-state index in [1.54, 1.807) is 7.11 Å². The van der Waals surface area contributed by atoms with Crippen LogP contribution in [0.15, 0.2) is 24.3 Å². The Morgan fingerprint density at radius 3 is 2.61 bits per heavy atom. The molecular formula is C19H28N2O2. The van der Waals surface area contributed by atoms with Gasteiger partial charge in [-0.3, -0.25) is 0 Å². The summed E-state index contributed by atoms with van der Waals surface area (Å²) in [6, 6.07) is 8.30. The quantitative estimate of drug-likeness (QED) is 0.921. The largest absolute Gasteiger partial charge is 0.497 e. The fourth-order valence-electron chi connectivity index (χ4n) is 4.72. The monoisotopic (exact) mass is 316 g/mol. The van der Waals surface area contributed by atoms with Crippen molar-refractivity contribution in [1.82, 2.24) is 10.2 Å². The van der Waals surface area contributed by atoms with E-state index in [1.807, 2.05) is 24.3 Å². The van der Waals surface area contributed by atoms with Gasteiger partial charge in [0, 0.05) is 19.1 Å². The van der Waals surface area contributed by atoms with Crippen LogP contribution >= 0.6 is 0 Å². The molecule has 23 heavy (non-hydrogen) atoms. The maximum Gasteiger partial charge on any atom is 0.317 e. The third kappa shape index (κ3) is 3.46. The molecule has 1 N–H and O–H groups in total. The van der Waals surface area contributed by atoms with Crippen molar-refractivity contribution in [3.8, 4) is 5.75 Å². The van der Waals surface area contributed by atoms with Crippen molar-refractivity contribution in [1.29, 1.82) is 0 Å². The van der Waals surface area contributed by atoms with E-state index in [2.05, 4.69) is 31.0 Å². The highest BCUT2D eigenvalue weighted by molar-refractivity contribution is 5.75. The lowest BCUT2D eigenvalue weighted by atomic mass is 9.65. The van der Waals surface area contributed by atoms with E-state index in [9.17, 15) is 4.79 Å². The van der Waals surface area contributed by atoms with Gasteiger partial charge in [0.05, 0.1) is 7.11 Å². The number of nitrogens with one attached hydrogen (secondary N) is 1. The zero-order valence-corrected chi connectivity index (χ0v) is 14.7. The van der Waals surface area contributed by atoms with E-state index in [-0.39, 0.29) is 11.4 Å². The Morgan fingerprint density at radius 2 is 1.96 bits per heavy atom. The number of likely N-dealkylation sites (tertiary alicyclic amines) is 1. The Bertz CT molecular complexity index is 582. The molecule has 0 aromatic heterocycles. The first-order chi connectivity index (χ1) is 10.8. The topological polar surface area (TPSA) is 41.6 Å². The lowest BCUT2D eigenvalue weighted by Crippen LogP contribution is -2.43. The van der Waals surface area contributed by atoms with Crippen molar-refractivity contribution >= 4 is 6.03 Å². The van der Waals surface area contributed by atoms with Gasteiger partial charge in [-0.2, -0.15) is 0 Å². The number of methoxy groups -OCH3 is 1. The van der Waals surface area contributed by atoms with Crippen LogP contribution in [0.3, 0.4) is 0 Å². The minimum absolute atomic E-state index is 0.0762. The van der Waals surface area contributed by atoms with Gasteiger partial charge in [0.25, 0.3) is 0 Å². The molecule has 2 atom stereocenters. The average molecular weight is 316 g/mol. The van der Waals surface area contributed by atoms with Crippen molar-refractivity contribution in [2.45, 2.75) is 52.6 Å². The summed E-state index contributed by atoms with van der Waals surface area (Å²) in [5.74, 6) is 0.837. The van der Waals surface area contributed by atoms with E-state index < -0.39 is 0 Å². The van der Waals surface area contributed by atoms with Gasteiger partial charge in [-0.25, -0.2) is 4.79 Å². The zero-order valence-electron chi connectivity index (χ0n) is 14.7. The lowest BCUT2D eigenvalue weighted by molar-refractivity contribution is 0.129. The van der Waals surface area contributed by atoms with Crippen molar-refractivity contribution in [2.75, 3.05) is 13.7 Å². The van der Waals surface area contributed by atoms with Gasteiger partial charge in [-0.1, -0.05) is 32.9 Å². The number of carbonyl (C=O) groups excluding carboxylic acids is 1. The summed E-state index contributed by atoms with van der Waals surface area (Å²) < 4.78 is 5.16. The van der Waals surface area contributed by atoms with Gasteiger partial charge >= 0.3 is 6.03 Å². The number of amides is 2. The number of rotatable bonds is 3. The molecule has 1 saturated carbocycles. The van der Waals surface area contributed by atoms with E-state index in [0.29, 0.717) is 18.0 Å². The second-order valence-electron chi connectivity index (χ2n) is 8.35. The summed E-state index contributed by atoms with van der Waals surface area (Å²) in [5.41, 5.74) is 1.71. The first kappa shape index (κ1) is 16.2. The minimum atomic E-state index is 0.0762. The fraction of sp³-hybridized carbons (Fsp3) is 0.632. The summed E-state index contributed by atoms with van der Waals surface area (Å²) in [4.78, 5) is 14.7. The second kappa shape index (κ2) is 5.73. The molecule has 2 aliphatic rings. The van der Waals surface area contributed by atoms with E-state index in [4.69, 9.17) is 4.74 Å². The number of fused-ring (bicyclic) bond motifs is 2. The van der Waals surface area contributed by atoms with Crippen LogP contribution in [0.25, 0.3) is 0 Å². The number of hydrogen-bond donors (Lipinski definition) is 1. The van der Waals surface area contributed by atoms with Crippen LogP contribution in [-0.4, -0.2) is 30.6 Å². The SMILES string of the molecule is COc1ccc(CNC(=O)N2CC3(C)CC2CC(C)(C)C3)cc1. The molecule has 4 nitrogen and oxygen atoms in total. The molecule has 1 aliphatic carbocycles. The molecule has 1 aromatic rings. The highest BCUT2D eigenvalue weighted by Gasteiger charge is 2.50. The molecule has 0 radical (unpaired) electrons. The van der Waals surface area contributed by atoms with Crippen LogP contribution in [-0.2, 0) is 6.54 Å².